The standard InChI is InChI=1S/C13H25NO/c1-13(2)6-8-14(9-7-13)11-4-3-5-12(15)10-11/h11-12,15H,3-10H2,1-2H3. The summed E-state index contributed by atoms with van der Waals surface area (Å²) >= 11 is 0. The van der Waals surface area contributed by atoms with Gasteiger partial charge in [-0.1, -0.05) is 13.8 Å². The Morgan fingerprint density at radius 3 is 2.40 bits per heavy atom. The highest BCUT2D eigenvalue weighted by Gasteiger charge is 2.31. The van der Waals surface area contributed by atoms with Crippen LogP contribution in [0.4, 0.5) is 0 Å². The van der Waals surface area contributed by atoms with E-state index in [0.717, 1.165) is 12.8 Å². The minimum Gasteiger partial charge on any atom is -0.393 e. The van der Waals surface area contributed by atoms with Crippen molar-refractivity contribution in [2.75, 3.05) is 13.1 Å². The first-order valence-electron chi connectivity index (χ1n) is 6.49. The van der Waals surface area contributed by atoms with Crippen molar-refractivity contribution in [3.63, 3.8) is 0 Å². The molecule has 1 aliphatic heterocycles. The fraction of sp³-hybridized carbons (Fsp3) is 1.00. The normalized spacial score (nSPS) is 37.8. The molecule has 2 unspecified atom stereocenters. The summed E-state index contributed by atoms with van der Waals surface area (Å²) in [6, 6.07) is 0.671. The average molecular weight is 211 g/mol. The number of likely N-dealkylation sites (tertiary alicyclic amines) is 1. The molecule has 0 amide bonds. The quantitative estimate of drug-likeness (QED) is 0.720. The fourth-order valence-corrected chi connectivity index (χ4v) is 2.97. The van der Waals surface area contributed by atoms with Gasteiger partial charge in [-0.05, 0) is 57.0 Å². The van der Waals surface area contributed by atoms with Crippen LogP contribution < -0.4 is 0 Å². The van der Waals surface area contributed by atoms with Crippen molar-refractivity contribution in [3.05, 3.63) is 0 Å². The Hall–Kier alpha value is -0.0800. The summed E-state index contributed by atoms with van der Waals surface area (Å²) in [5.74, 6) is 0. The van der Waals surface area contributed by atoms with E-state index < -0.39 is 0 Å². The van der Waals surface area contributed by atoms with Gasteiger partial charge in [0.15, 0.2) is 0 Å². The van der Waals surface area contributed by atoms with Crippen molar-refractivity contribution >= 4 is 0 Å². The maximum absolute atomic E-state index is 9.69. The molecule has 1 aliphatic carbocycles. The molecule has 0 bridgehead atoms. The lowest BCUT2D eigenvalue weighted by Crippen LogP contribution is -2.46. The molecule has 1 saturated carbocycles. The van der Waals surface area contributed by atoms with E-state index in [0.29, 0.717) is 11.5 Å². The van der Waals surface area contributed by atoms with E-state index in [1.165, 1.54) is 38.8 Å². The van der Waals surface area contributed by atoms with Gasteiger partial charge in [-0.15, -0.1) is 0 Å². The Bertz CT molecular complexity index is 205. The largest absolute Gasteiger partial charge is 0.393 e. The summed E-state index contributed by atoms with van der Waals surface area (Å²) in [5, 5.41) is 9.69. The molecule has 0 radical (unpaired) electrons. The molecule has 0 aromatic heterocycles. The van der Waals surface area contributed by atoms with Crippen LogP contribution in [-0.4, -0.2) is 35.2 Å². The van der Waals surface area contributed by atoms with Crippen LogP contribution in [0.2, 0.25) is 0 Å². The Morgan fingerprint density at radius 1 is 1.13 bits per heavy atom. The van der Waals surface area contributed by atoms with Crippen LogP contribution >= 0.6 is 0 Å². The van der Waals surface area contributed by atoms with E-state index in [4.69, 9.17) is 0 Å². The van der Waals surface area contributed by atoms with Gasteiger partial charge in [-0.3, -0.25) is 0 Å². The molecule has 1 heterocycles. The molecule has 2 rings (SSSR count). The van der Waals surface area contributed by atoms with Gasteiger partial charge in [0, 0.05) is 6.04 Å². The minimum absolute atomic E-state index is 0.0290. The van der Waals surface area contributed by atoms with Crippen molar-refractivity contribution in [1.29, 1.82) is 0 Å². The predicted molar refractivity (Wildman–Crippen MR) is 62.9 cm³/mol. The number of aliphatic hydroxyl groups is 1. The smallest absolute Gasteiger partial charge is 0.0555 e. The molecule has 2 heteroatoms. The summed E-state index contributed by atoms with van der Waals surface area (Å²) < 4.78 is 0. The lowest BCUT2D eigenvalue weighted by atomic mass is 9.81. The third-order valence-corrected chi connectivity index (χ3v) is 4.29. The van der Waals surface area contributed by atoms with Crippen LogP contribution in [0, 0.1) is 5.41 Å². The SMILES string of the molecule is CC1(C)CCN(C2CCCC(O)C2)CC1. The van der Waals surface area contributed by atoms with Crippen molar-refractivity contribution in [3.8, 4) is 0 Å². The highest BCUT2D eigenvalue weighted by molar-refractivity contribution is 4.85. The topological polar surface area (TPSA) is 23.5 Å². The number of hydrogen-bond acceptors (Lipinski definition) is 2. The lowest BCUT2D eigenvalue weighted by Gasteiger charge is -2.43. The van der Waals surface area contributed by atoms with E-state index in [-0.39, 0.29) is 6.10 Å². The van der Waals surface area contributed by atoms with Crippen molar-refractivity contribution in [1.82, 2.24) is 4.90 Å². The highest BCUT2D eigenvalue weighted by atomic mass is 16.3. The first-order valence-corrected chi connectivity index (χ1v) is 6.49. The number of nitrogens with zero attached hydrogens (tertiary/aromatic N) is 1. The van der Waals surface area contributed by atoms with Gasteiger partial charge in [0.2, 0.25) is 0 Å². The molecule has 2 aliphatic rings. The minimum atomic E-state index is -0.0290. The van der Waals surface area contributed by atoms with Crippen LogP contribution in [0.5, 0.6) is 0 Å². The fourth-order valence-electron chi connectivity index (χ4n) is 2.97. The highest BCUT2D eigenvalue weighted by Crippen LogP contribution is 2.33. The third kappa shape index (κ3) is 2.94. The Balaban J connectivity index is 1.84. The summed E-state index contributed by atoms with van der Waals surface area (Å²) in [7, 11) is 0. The molecule has 0 aromatic rings. The lowest BCUT2D eigenvalue weighted by molar-refractivity contribution is 0.0316. The van der Waals surface area contributed by atoms with E-state index in [1.807, 2.05) is 0 Å². The first-order chi connectivity index (χ1) is 7.07. The average Bonchev–Trinajstić information content (AvgIpc) is 2.17. The molecule has 1 N–H and O–H groups in total. The van der Waals surface area contributed by atoms with Crippen LogP contribution in [0.3, 0.4) is 0 Å². The first kappa shape index (κ1) is 11.4. The maximum Gasteiger partial charge on any atom is 0.0555 e. The van der Waals surface area contributed by atoms with Gasteiger partial charge in [0.05, 0.1) is 6.10 Å². The Labute approximate surface area is 93.7 Å². The zero-order chi connectivity index (χ0) is 10.9. The number of piperidine rings is 1. The van der Waals surface area contributed by atoms with Crippen LogP contribution in [0.25, 0.3) is 0 Å². The Morgan fingerprint density at radius 2 is 1.80 bits per heavy atom. The molecule has 88 valence electrons. The van der Waals surface area contributed by atoms with Crippen molar-refractivity contribution in [2.45, 2.75) is 64.5 Å². The molecule has 0 aromatic carbocycles. The van der Waals surface area contributed by atoms with Gasteiger partial charge in [-0.25, -0.2) is 0 Å². The summed E-state index contributed by atoms with van der Waals surface area (Å²) in [6.07, 6.45) is 7.16. The van der Waals surface area contributed by atoms with Crippen LogP contribution in [-0.2, 0) is 0 Å². The van der Waals surface area contributed by atoms with Gasteiger partial charge in [-0.2, -0.15) is 0 Å². The predicted octanol–water partition coefficient (Wildman–Crippen LogP) is 2.41. The molecule has 2 atom stereocenters. The van der Waals surface area contributed by atoms with Crippen molar-refractivity contribution in [2.24, 2.45) is 5.41 Å². The second kappa shape index (κ2) is 4.42. The van der Waals surface area contributed by atoms with Crippen LogP contribution in [0.1, 0.15) is 52.4 Å². The molecular weight excluding hydrogens is 186 g/mol. The van der Waals surface area contributed by atoms with Crippen molar-refractivity contribution < 1.29 is 5.11 Å². The monoisotopic (exact) mass is 211 g/mol. The van der Waals surface area contributed by atoms with E-state index in [9.17, 15) is 5.11 Å². The van der Waals surface area contributed by atoms with E-state index >= 15 is 0 Å². The molecule has 2 fully saturated rings. The molecule has 15 heavy (non-hydrogen) atoms. The van der Waals surface area contributed by atoms with Gasteiger partial charge < -0.3 is 10.0 Å². The van der Waals surface area contributed by atoms with E-state index in [1.54, 1.807) is 0 Å². The number of aliphatic hydroxyl groups excluding tert-OH is 1. The summed E-state index contributed by atoms with van der Waals surface area (Å²) in [4.78, 5) is 2.62. The summed E-state index contributed by atoms with van der Waals surface area (Å²) in [6.45, 7) is 7.23. The van der Waals surface area contributed by atoms with Gasteiger partial charge in [0.25, 0.3) is 0 Å². The third-order valence-electron chi connectivity index (χ3n) is 4.29. The number of hydrogen-bond donors (Lipinski definition) is 1. The maximum atomic E-state index is 9.69. The number of rotatable bonds is 1. The van der Waals surface area contributed by atoms with E-state index in [2.05, 4.69) is 18.7 Å². The van der Waals surface area contributed by atoms with Crippen LogP contribution in [0.15, 0.2) is 0 Å². The zero-order valence-corrected chi connectivity index (χ0v) is 10.2. The van der Waals surface area contributed by atoms with Gasteiger partial charge >= 0.3 is 0 Å². The molecule has 0 spiro atoms. The summed E-state index contributed by atoms with van der Waals surface area (Å²) in [5.41, 5.74) is 0.545. The van der Waals surface area contributed by atoms with Gasteiger partial charge in [0.1, 0.15) is 0 Å². The second-order valence-corrected chi connectivity index (χ2v) is 6.17. The molecule has 1 saturated heterocycles. The Kier molecular flexibility index (Phi) is 3.36. The zero-order valence-electron chi connectivity index (χ0n) is 10.2. The molecule has 2 nitrogen and oxygen atoms in total. The molecular formula is C13H25NO. The second-order valence-electron chi connectivity index (χ2n) is 6.17.